The van der Waals surface area contributed by atoms with Crippen molar-refractivity contribution >= 4 is 29.2 Å². The summed E-state index contributed by atoms with van der Waals surface area (Å²) in [5.41, 5.74) is 8.05. The van der Waals surface area contributed by atoms with Gasteiger partial charge in [-0.15, -0.1) is 0 Å². The molecule has 3 aromatic heterocycles. The van der Waals surface area contributed by atoms with Crippen molar-refractivity contribution in [3.05, 3.63) is 12.1 Å². The third-order valence-corrected chi connectivity index (χ3v) is 3.90. The van der Waals surface area contributed by atoms with Crippen LogP contribution in [0, 0.1) is 0 Å². The summed E-state index contributed by atoms with van der Waals surface area (Å²) in [6, 6.07) is 0. The number of anilines is 1. The first-order valence-corrected chi connectivity index (χ1v) is 8.92. The molecule has 0 spiro atoms. The summed E-state index contributed by atoms with van der Waals surface area (Å²) >= 11 is 0. The van der Waals surface area contributed by atoms with E-state index in [2.05, 4.69) is 20.2 Å². The van der Waals surface area contributed by atoms with Crippen molar-refractivity contribution in [2.75, 3.05) is 5.73 Å². The maximum absolute atomic E-state index is 10.2. The predicted octanol–water partition coefficient (Wildman–Crippen LogP) is 2.23. The van der Waals surface area contributed by atoms with Crippen molar-refractivity contribution in [2.45, 2.75) is 60.3 Å². The maximum Gasteiger partial charge on any atom is 0.326 e. The smallest absolute Gasteiger partial charge is 0.326 e. The Morgan fingerprint density at radius 2 is 1.88 bits per heavy atom. The first kappa shape index (κ1) is 19.9. The van der Waals surface area contributed by atoms with Gasteiger partial charge < -0.3 is 15.3 Å². The summed E-state index contributed by atoms with van der Waals surface area (Å²) in [6.45, 7) is 13.0. The number of rotatable bonds is 3. The zero-order chi connectivity index (χ0) is 19.6. The number of hydrogen-bond donors (Lipinski definition) is 2. The van der Waals surface area contributed by atoms with Crippen LogP contribution in [0.2, 0.25) is 6.82 Å². The van der Waals surface area contributed by atoms with E-state index in [-0.39, 0.29) is 5.54 Å². The Morgan fingerprint density at radius 3 is 2.42 bits per heavy atom. The van der Waals surface area contributed by atoms with Gasteiger partial charge in [0.15, 0.2) is 5.65 Å². The largest absolute Gasteiger partial charge is 0.446 e. The second kappa shape index (κ2) is 7.45. The molecule has 0 aliphatic rings. The number of aromatic nitrogens is 5. The topological polar surface area (TPSA) is 116 Å². The van der Waals surface area contributed by atoms with Crippen LogP contribution in [0.15, 0.2) is 10.9 Å². The van der Waals surface area contributed by atoms with Gasteiger partial charge in [-0.25, -0.2) is 14.6 Å². The fraction of sp³-hybridized carbons (Fsp3) is 0.529. The molecule has 3 heterocycles. The summed E-state index contributed by atoms with van der Waals surface area (Å²) in [7, 11) is 0. The molecule has 0 fully saturated rings. The minimum atomic E-state index is -0.734. The molecule has 0 aliphatic heterocycles. The Labute approximate surface area is 153 Å². The summed E-state index contributed by atoms with van der Waals surface area (Å²) < 4.78 is 7.20. The van der Waals surface area contributed by atoms with Gasteiger partial charge in [-0.3, -0.25) is 0 Å². The Bertz CT molecular complexity index is 895. The van der Waals surface area contributed by atoms with Gasteiger partial charge >= 0.3 is 6.92 Å². The van der Waals surface area contributed by atoms with Crippen LogP contribution in [0.1, 0.15) is 47.3 Å². The van der Waals surface area contributed by atoms with E-state index in [0.717, 1.165) is 0 Å². The van der Waals surface area contributed by atoms with E-state index >= 15 is 0 Å². The molecular weight excluding hydrogens is 331 g/mol. The molecule has 0 radical (unpaired) electrons. The van der Waals surface area contributed by atoms with E-state index in [9.17, 15) is 5.02 Å². The molecule has 26 heavy (non-hydrogen) atoms. The van der Waals surface area contributed by atoms with Gasteiger partial charge in [0, 0.05) is 11.9 Å². The second-order valence-corrected chi connectivity index (χ2v) is 6.79. The van der Waals surface area contributed by atoms with E-state index in [0.29, 0.717) is 45.9 Å². The Morgan fingerprint density at radius 1 is 1.23 bits per heavy atom. The van der Waals surface area contributed by atoms with Crippen LogP contribution in [-0.4, -0.2) is 36.8 Å². The third kappa shape index (κ3) is 3.31. The van der Waals surface area contributed by atoms with E-state index < -0.39 is 6.92 Å². The van der Waals surface area contributed by atoms with Gasteiger partial charge in [0.05, 0.1) is 10.9 Å². The zero-order valence-electron chi connectivity index (χ0n) is 16.5. The monoisotopic (exact) mass is 358 g/mol. The van der Waals surface area contributed by atoms with Crippen LogP contribution < -0.4 is 11.2 Å². The van der Waals surface area contributed by atoms with Crippen LogP contribution in [0.4, 0.5) is 5.82 Å². The Kier molecular flexibility index (Phi) is 5.70. The highest BCUT2D eigenvalue weighted by Crippen LogP contribution is 2.32. The number of fused-ring (bicyclic) bond motifs is 1. The van der Waals surface area contributed by atoms with E-state index in [1.807, 2.05) is 41.5 Å². The fourth-order valence-corrected chi connectivity index (χ4v) is 2.80. The molecule has 3 rings (SSSR count). The maximum atomic E-state index is 10.2. The molecule has 8 nitrogen and oxygen atoms in total. The molecule has 9 heteroatoms. The number of nitrogens with two attached hydrogens (primary N) is 1. The molecule has 0 saturated heterocycles. The lowest BCUT2D eigenvalue weighted by Crippen LogP contribution is -2.30. The highest BCUT2D eigenvalue weighted by Gasteiger charge is 2.30. The van der Waals surface area contributed by atoms with Crippen molar-refractivity contribution in [3.63, 3.8) is 0 Å². The van der Waals surface area contributed by atoms with Crippen LogP contribution in [0.5, 0.6) is 0 Å². The average molecular weight is 358 g/mol. The Balaban J connectivity index is 0.00000117. The summed E-state index contributed by atoms with van der Waals surface area (Å²) in [5, 5.41) is 19.6. The highest BCUT2D eigenvalue weighted by atomic mass is 16.5. The SMILES string of the molecule is CC.CCc1onc(-c2nn(C(C)(C)C)c3ncnc(N)c23)c1B(C)O. The molecule has 0 aromatic carbocycles. The van der Waals surface area contributed by atoms with Crippen molar-refractivity contribution in [1.29, 1.82) is 0 Å². The molecule has 0 amide bonds. The molecular formula is C17H27BN6O2. The fourth-order valence-electron chi connectivity index (χ4n) is 2.80. The van der Waals surface area contributed by atoms with Crippen molar-refractivity contribution in [3.8, 4) is 11.4 Å². The first-order chi connectivity index (χ1) is 12.3. The lowest BCUT2D eigenvalue weighted by Gasteiger charge is -2.19. The van der Waals surface area contributed by atoms with Crippen LogP contribution >= 0.6 is 0 Å². The minimum Gasteiger partial charge on any atom is -0.446 e. The normalized spacial score (nSPS) is 11.4. The van der Waals surface area contributed by atoms with Gasteiger partial charge in [0.25, 0.3) is 0 Å². The molecule has 0 bridgehead atoms. The third-order valence-electron chi connectivity index (χ3n) is 3.90. The molecule has 0 saturated carbocycles. The van der Waals surface area contributed by atoms with Gasteiger partial charge in [0.2, 0.25) is 0 Å². The first-order valence-electron chi connectivity index (χ1n) is 8.92. The summed E-state index contributed by atoms with van der Waals surface area (Å²) in [5.74, 6) is 0.956. The molecule has 140 valence electrons. The number of hydrogen-bond acceptors (Lipinski definition) is 7. The van der Waals surface area contributed by atoms with Crippen molar-refractivity contribution in [2.24, 2.45) is 0 Å². The van der Waals surface area contributed by atoms with Crippen molar-refractivity contribution in [1.82, 2.24) is 24.9 Å². The van der Waals surface area contributed by atoms with Gasteiger partial charge in [-0.05, 0) is 20.8 Å². The predicted molar refractivity (Wildman–Crippen MR) is 104 cm³/mol. The summed E-state index contributed by atoms with van der Waals surface area (Å²) in [4.78, 5) is 8.43. The van der Waals surface area contributed by atoms with Crippen LogP contribution in [0.25, 0.3) is 22.4 Å². The lowest BCUT2D eigenvalue weighted by molar-refractivity contribution is 0.365. The van der Waals surface area contributed by atoms with E-state index in [1.165, 1.54) is 6.33 Å². The number of nitrogen functional groups attached to an aromatic ring is 1. The summed E-state index contributed by atoms with van der Waals surface area (Å²) in [6.07, 6.45) is 2.04. The second-order valence-electron chi connectivity index (χ2n) is 6.79. The van der Waals surface area contributed by atoms with Crippen molar-refractivity contribution < 1.29 is 9.55 Å². The van der Waals surface area contributed by atoms with Crippen LogP contribution in [0.3, 0.4) is 0 Å². The molecule has 0 atom stereocenters. The molecule has 0 unspecified atom stereocenters. The Hall–Kier alpha value is -2.42. The minimum absolute atomic E-state index is 0.306. The molecule has 3 aromatic rings. The van der Waals surface area contributed by atoms with Crippen LogP contribution in [-0.2, 0) is 12.0 Å². The van der Waals surface area contributed by atoms with E-state index in [4.69, 9.17) is 10.3 Å². The van der Waals surface area contributed by atoms with Gasteiger partial charge in [0.1, 0.15) is 29.3 Å². The number of aryl methyl sites for hydroxylation is 1. The number of nitrogens with zero attached hydrogens (tertiary/aromatic N) is 5. The standard InChI is InChI=1S/C15H21BN6O2.C2H6/c1-6-8-10(16(5)23)12(21-24-8)11-9-13(17)18-7-19-14(9)22(20-11)15(2,3)4;1-2/h7,23H,6H2,1-5H3,(H2,17,18,19);1-2H3. The zero-order valence-corrected chi connectivity index (χ0v) is 16.5. The molecule has 0 aliphatic carbocycles. The lowest BCUT2D eigenvalue weighted by atomic mass is 9.62. The quantitative estimate of drug-likeness (QED) is 0.690. The van der Waals surface area contributed by atoms with E-state index in [1.54, 1.807) is 11.5 Å². The van der Waals surface area contributed by atoms with Gasteiger partial charge in [-0.2, -0.15) is 5.10 Å². The van der Waals surface area contributed by atoms with Gasteiger partial charge in [-0.1, -0.05) is 32.8 Å². The average Bonchev–Trinajstić information content (AvgIpc) is 3.18. The highest BCUT2D eigenvalue weighted by molar-refractivity contribution is 6.66. The molecule has 3 N–H and O–H groups in total.